The third kappa shape index (κ3) is 2.40. The molecule has 0 aromatic heterocycles. The van der Waals surface area contributed by atoms with Crippen molar-refractivity contribution >= 4 is 21.8 Å². The molecule has 1 aliphatic heterocycles. The molecule has 0 amide bonds. The maximum atomic E-state index is 12.3. The molecule has 4 heteroatoms. The Morgan fingerprint density at radius 3 is 2.70 bits per heavy atom. The van der Waals surface area contributed by atoms with Crippen LogP contribution in [0, 0.1) is 0 Å². The highest BCUT2D eigenvalue weighted by atomic mass is 32.2. The molecule has 1 heterocycles. The average Bonchev–Trinajstić information content (AvgIpc) is 2.46. The number of allylic oxidation sites excluding steroid dienone is 1. The van der Waals surface area contributed by atoms with E-state index in [0.29, 0.717) is 0 Å². The summed E-state index contributed by atoms with van der Waals surface area (Å²) >= 11 is 0. The molecule has 3 nitrogen and oxygen atoms in total. The van der Waals surface area contributed by atoms with E-state index in [4.69, 9.17) is 0 Å². The number of sulfonamides is 1. The van der Waals surface area contributed by atoms with Crippen molar-refractivity contribution in [2.45, 2.75) is 31.7 Å². The number of nitrogens with zero attached hydrogens (tertiary/aromatic N) is 1. The molecule has 1 aliphatic carbocycles. The van der Waals surface area contributed by atoms with Gasteiger partial charge in [-0.25, -0.2) is 8.42 Å². The molecule has 3 rings (SSSR count). The van der Waals surface area contributed by atoms with E-state index in [-0.39, 0.29) is 6.04 Å². The van der Waals surface area contributed by atoms with Crippen molar-refractivity contribution in [1.82, 2.24) is 0 Å². The van der Waals surface area contributed by atoms with Gasteiger partial charge in [0.2, 0.25) is 10.0 Å². The lowest BCUT2D eigenvalue weighted by Crippen LogP contribution is -2.42. The van der Waals surface area contributed by atoms with Crippen molar-refractivity contribution in [3.63, 3.8) is 0 Å². The molecule has 1 unspecified atom stereocenters. The molecule has 0 fully saturated rings. The zero-order valence-corrected chi connectivity index (χ0v) is 12.4. The first-order valence-corrected chi connectivity index (χ1v) is 8.88. The Balaban J connectivity index is 2.10. The molecule has 0 saturated heterocycles. The summed E-state index contributed by atoms with van der Waals surface area (Å²) < 4.78 is 26.1. The SMILES string of the molecule is CS(=O)(=O)N1c2ccccc2C=CC1C1=CCCCC1. The highest BCUT2D eigenvalue weighted by molar-refractivity contribution is 7.92. The maximum absolute atomic E-state index is 12.3. The molecule has 20 heavy (non-hydrogen) atoms. The predicted octanol–water partition coefficient (Wildman–Crippen LogP) is 3.35. The van der Waals surface area contributed by atoms with E-state index in [1.165, 1.54) is 18.2 Å². The van der Waals surface area contributed by atoms with Crippen molar-refractivity contribution in [2.24, 2.45) is 0 Å². The van der Waals surface area contributed by atoms with Gasteiger partial charge in [0, 0.05) is 0 Å². The van der Waals surface area contributed by atoms with Gasteiger partial charge in [0.05, 0.1) is 18.0 Å². The van der Waals surface area contributed by atoms with Gasteiger partial charge in [-0.15, -0.1) is 0 Å². The zero-order chi connectivity index (χ0) is 14.2. The molecule has 0 saturated carbocycles. The minimum Gasteiger partial charge on any atom is -0.259 e. The van der Waals surface area contributed by atoms with Crippen LogP contribution in [0.3, 0.4) is 0 Å². The van der Waals surface area contributed by atoms with Crippen molar-refractivity contribution < 1.29 is 8.42 Å². The van der Waals surface area contributed by atoms with Gasteiger partial charge in [0.15, 0.2) is 0 Å². The number of hydrogen-bond acceptors (Lipinski definition) is 2. The first-order chi connectivity index (χ1) is 9.57. The van der Waals surface area contributed by atoms with E-state index in [1.807, 2.05) is 36.4 Å². The Morgan fingerprint density at radius 1 is 1.20 bits per heavy atom. The lowest BCUT2D eigenvalue weighted by atomic mass is 9.91. The van der Waals surface area contributed by atoms with E-state index in [2.05, 4.69) is 6.08 Å². The molecule has 0 spiro atoms. The van der Waals surface area contributed by atoms with Crippen LogP contribution in [0.2, 0.25) is 0 Å². The Bertz CT molecular complexity index is 673. The summed E-state index contributed by atoms with van der Waals surface area (Å²) in [6.07, 6.45) is 12.0. The molecule has 106 valence electrons. The van der Waals surface area contributed by atoms with Crippen LogP contribution < -0.4 is 4.31 Å². The lowest BCUT2D eigenvalue weighted by Gasteiger charge is -2.36. The highest BCUT2D eigenvalue weighted by Gasteiger charge is 2.31. The standard InChI is InChI=1S/C16H19NO2S/c1-20(18,19)17-15-10-6-5-9-14(15)11-12-16(17)13-7-3-2-4-8-13/h5-7,9-12,16H,2-4,8H2,1H3. The van der Waals surface area contributed by atoms with E-state index in [9.17, 15) is 8.42 Å². The number of benzene rings is 1. The number of hydrogen-bond donors (Lipinski definition) is 0. The van der Waals surface area contributed by atoms with Crippen LogP contribution in [0.5, 0.6) is 0 Å². The quantitative estimate of drug-likeness (QED) is 0.783. The monoisotopic (exact) mass is 289 g/mol. The normalized spacial score (nSPS) is 22.4. The van der Waals surface area contributed by atoms with Crippen molar-refractivity contribution in [3.8, 4) is 0 Å². The van der Waals surface area contributed by atoms with Crippen LogP contribution in [-0.4, -0.2) is 20.7 Å². The minimum absolute atomic E-state index is 0.153. The molecule has 1 aromatic rings. The number of fused-ring (bicyclic) bond motifs is 1. The summed E-state index contributed by atoms with van der Waals surface area (Å²) in [4.78, 5) is 0. The van der Waals surface area contributed by atoms with Gasteiger partial charge in [-0.2, -0.15) is 0 Å². The summed E-state index contributed by atoms with van der Waals surface area (Å²) in [7, 11) is -3.30. The minimum atomic E-state index is -3.30. The van der Waals surface area contributed by atoms with Crippen LogP contribution in [0.25, 0.3) is 6.08 Å². The fraction of sp³-hybridized carbons (Fsp3) is 0.375. The molecular formula is C16H19NO2S. The summed E-state index contributed by atoms with van der Waals surface area (Å²) in [5, 5.41) is 0. The van der Waals surface area contributed by atoms with Crippen LogP contribution in [0.1, 0.15) is 31.2 Å². The summed E-state index contributed by atoms with van der Waals surface area (Å²) in [6, 6.07) is 7.51. The van der Waals surface area contributed by atoms with Crippen LogP contribution in [0.15, 0.2) is 42.0 Å². The molecular weight excluding hydrogens is 270 g/mol. The largest absolute Gasteiger partial charge is 0.259 e. The topological polar surface area (TPSA) is 37.4 Å². The van der Waals surface area contributed by atoms with Crippen molar-refractivity contribution in [2.75, 3.05) is 10.6 Å². The molecule has 0 bridgehead atoms. The molecule has 1 aromatic carbocycles. The third-order valence-corrected chi connectivity index (χ3v) is 5.09. The fourth-order valence-corrected chi connectivity index (χ4v) is 4.18. The summed E-state index contributed by atoms with van der Waals surface area (Å²) in [6.45, 7) is 0. The average molecular weight is 289 g/mol. The van der Waals surface area contributed by atoms with Gasteiger partial charge in [0.1, 0.15) is 0 Å². The van der Waals surface area contributed by atoms with Crippen molar-refractivity contribution in [1.29, 1.82) is 0 Å². The lowest BCUT2D eigenvalue weighted by molar-refractivity contribution is 0.590. The second-order valence-electron chi connectivity index (χ2n) is 5.45. The number of anilines is 1. The fourth-order valence-electron chi connectivity index (χ4n) is 3.04. The molecule has 1 atom stereocenters. The van der Waals surface area contributed by atoms with E-state index < -0.39 is 10.0 Å². The Morgan fingerprint density at radius 2 is 2.00 bits per heavy atom. The van der Waals surface area contributed by atoms with Crippen LogP contribution in [0.4, 0.5) is 5.69 Å². The summed E-state index contributed by atoms with van der Waals surface area (Å²) in [5.74, 6) is 0. The van der Waals surface area contributed by atoms with Gasteiger partial charge < -0.3 is 0 Å². The van der Waals surface area contributed by atoms with Gasteiger partial charge >= 0.3 is 0 Å². The summed E-state index contributed by atoms with van der Waals surface area (Å²) in [5.41, 5.74) is 2.98. The smallest absolute Gasteiger partial charge is 0.233 e. The Hall–Kier alpha value is -1.55. The van der Waals surface area contributed by atoms with Gasteiger partial charge in [-0.05, 0) is 42.9 Å². The van der Waals surface area contributed by atoms with Gasteiger partial charge in [-0.3, -0.25) is 4.31 Å². The van der Waals surface area contributed by atoms with Crippen molar-refractivity contribution in [3.05, 3.63) is 47.6 Å². The van der Waals surface area contributed by atoms with E-state index in [0.717, 1.165) is 30.5 Å². The number of rotatable bonds is 2. The second kappa shape index (κ2) is 5.09. The predicted molar refractivity (Wildman–Crippen MR) is 83.1 cm³/mol. The molecule has 0 radical (unpaired) electrons. The second-order valence-corrected chi connectivity index (χ2v) is 7.31. The third-order valence-electron chi connectivity index (χ3n) is 3.95. The van der Waals surface area contributed by atoms with E-state index in [1.54, 1.807) is 4.31 Å². The van der Waals surface area contributed by atoms with Gasteiger partial charge in [-0.1, -0.05) is 36.4 Å². The molecule has 0 N–H and O–H groups in total. The number of para-hydroxylation sites is 1. The zero-order valence-electron chi connectivity index (χ0n) is 11.6. The van der Waals surface area contributed by atoms with Gasteiger partial charge in [0.25, 0.3) is 0 Å². The Kier molecular flexibility index (Phi) is 3.42. The van der Waals surface area contributed by atoms with Crippen LogP contribution >= 0.6 is 0 Å². The Labute approximate surface area is 120 Å². The van der Waals surface area contributed by atoms with Crippen LogP contribution in [-0.2, 0) is 10.0 Å². The first-order valence-electron chi connectivity index (χ1n) is 7.03. The highest BCUT2D eigenvalue weighted by Crippen LogP contribution is 2.35. The van der Waals surface area contributed by atoms with E-state index >= 15 is 0 Å². The molecule has 2 aliphatic rings. The maximum Gasteiger partial charge on any atom is 0.233 e. The first kappa shape index (κ1) is 13.4.